The molecule has 0 N–H and O–H groups in total. The Morgan fingerprint density at radius 2 is 1.70 bits per heavy atom. The Hall–Kier alpha value is -1.79. The van der Waals surface area contributed by atoms with Crippen LogP contribution in [0.15, 0.2) is 53.1 Å². The number of ether oxygens (including phenoxy) is 1. The van der Waals surface area contributed by atoms with Crippen molar-refractivity contribution >= 4 is 52.2 Å². The Kier molecular flexibility index (Phi) is 7.64. The topological polar surface area (TPSA) is 65.2 Å². The van der Waals surface area contributed by atoms with E-state index >= 15 is 0 Å². The molecule has 1 aromatic heterocycles. The first-order valence-corrected chi connectivity index (χ1v) is 10.6. The third-order valence-electron chi connectivity index (χ3n) is 4.48. The third-order valence-corrected chi connectivity index (χ3v) is 5.22. The lowest BCUT2D eigenvalue weighted by Crippen LogP contribution is -2.14. The van der Waals surface area contributed by atoms with E-state index in [2.05, 4.69) is 10.1 Å². The van der Waals surface area contributed by atoms with Gasteiger partial charge in [0.15, 0.2) is 5.82 Å². The number of carbonyl (C=O) groups excluding carboxylic acids is 1. The highest BCUT2D eigenvalue weighted by molar-refractivity contribution is 6.66. The van der Waals surface area contributed by atoms with Gasteiger partial charge in [0.05, 0.1) is 7.11 Å². The molecule has 0 aliphatic carbocycles. The summed E-state index contributed by atoms with van der Waals surface area (Å²) in [5, 5.41) is 4.57. The number of Topliss-reactive ketones (excluding diaryl/α,β-unsaturated/α-hetero) is 1. The van der Waals surface area contributed by atoms with Gasteiger partial charge in [0.25, 0.3) is 9.68 Å². The van der Waals surface area contributed by atoms with Gasteiger partial charge in [-0.25, -0.2) is 0 Å². The second-order valence-corrected chi connectivity index (χ2v) is 9.47. The molecule has 0 aliphatic heterocycles. The summed E-state index contributed by atoms with van der Waals surface area (Å²) in [5.41, 5.74) is 1.86. The summed E-state index contributed by atoms with van der Waals surface area (Å²) in [6, 6.07) is 14.7. The average Bonchev–Trinajstić information content (AvgIpc) is 3.21. The van der Waals surface area contributed by atoms with Crippen LogP contribution in [0.5, 0.6) is 5.75 Å². The fraction of sp³-hybridized carbons (Fsp3) is 0.286. The second-order valence-electron chi connectivity index (χ2n) is 6.75. The fourth-order valence-electron chi connectivity index (χ4n) is 2.99. The van der Waals surface area contributed by atoms with Crippen molar-refractivity contribution in [2.75, 3.05) is 7.11 Å². The van der Waals surface area contributed by atoms with Crippen LogP contribution < -0.4 is 4.74 Å². The van der Waals surface area contributed by atoms with Gasteiger partial charge < -0.3 is 9.26 Å². The Bertz CT molecular complexity index is 983. The SMILES string of the molecule is COc1ccc(CC(CC(=O)Cc2ccc(Cl)cc2)c2noc(C(Cl)(Cl)Cl)n2)cc1. The average molecular weight is 488 g/mol. The van der Waals surface area contributed by atoms with E-state index in [-0.39, 0.29) is 30.4 Å². The number of halogens is 4. The lowest BCUT2D eigenvalue weighted by Gasteiger charge is -2.13. The van der Waals surface area contributed by atoms with Crippen LogP contribution in [0.2, 0.25) is 5.02 Å². The van der Waals surface area contributed by atoms with Crippen molar-refractivity contribution in [1.82, 2.24) is 10.1 Å². The Labute approximate surface area is 194 Å². The Balaban J connectivity index is 1.79. The van der Waals surface area contributed by atoms with Gasteiger partial charge >= 0.3 is 0 Å². The lowest BCUT2D eigenvalue weighted by molar-refractivity contribution is -0.118. The van der Waals surface area contributed by atoms with Crippen molar-refractivity contribution in [3.8, 4) is 5.75 Å². The summed E-state index contributed by atoms with van der Waals surface area (Å²) in [4.78, 5) is 17.0. The lowest BCUT2D eigenvalue weighted by atomic mass is 9.91. The summed E-state index contributed by atoms with van der Waals surface area (Å²) in [6.45, 7) is 0. The number of hydrogen-bond acceptors (Lipinski definition) is 5. The van der Waals surface area contributed by atoms with Gasteiger partial charge in [-0.3, -0.25) is 4.79 Å². The quantitative estimate of drug-likeness (QED) is 0.360. The van der Waals surface area contributed by atoms with E-state index in [0.717, 1.165) is 16.9 Å². The van der Waals surface area contributed by atoms with E-state index in [1.54, 1.807) is 19.2 Å². The molecule has 158 valence electrons. The molecule has 0 saturated heterocycles. The van der Waals surface area contributed by atoms with Crippen molar-refractivity contribution in [1.29, 1.82) is 0 Å². The van der Waals surface area contributed by atoms with Crippen LogP contribution in [0.4, 0.5) is 0 Å². The number of methoxy groups -OCH3 is 1. The molecule has 3 aromatic rings. The summed E-state index contributed by atoms with van der Waals surface area (Å²) in [7, 11) is 1.60. The van der Waals surface area contributed by atoms with Crippen LogP contribution in [-0.2, 0) is 21.4 Å². The Morgan fingerprint density at radius 1 is 1.07 bits per heavy atom. The zero-order chi connectivity index (χ0) is 21.7. The van der Waals surface area contributed by atoms with Crippen molar-refractivity contribution in [2.24, 2.45) is 0 Å². The highest BCUT2D eigenvalue weighted by Gasteiger charge is 2.32. The molecule has 1 heterocycles. The Morgan fingerprint density at radius 3 is 2.27 bits per heavy atom. The van der Waals surface area contributed by atoms with Gasteiger partial charge in [0.2, 0.25) is 0 Å². The first-order chi connectivity index (χ1) is 14.2. The zero-order valence-electron chi connectivity index (χ0n) is 15.9. The first-order valence-electron chi connectivity index (χ1n) is 9.04. The first kappa shape index (κ1) is 22.9. The van der Waals surface area contributed by atoms with E-state index < -0.39 is 3.79 Å². The summed E-state index contributed by atoms with van der Waals surface area (Å²) in [5.74, 6) is 0.607. The predicted octanol–water partition coefficient (Wildman–Crippen LogP) is 6.09. The largest absolute Gasteiger partial charge is 0.497 e. The summed E-state index contributed by atoms with van der Waals surface area (Å²) in [6.07, 6.45) is 0.980. The van der Waals surface area contributed by atoms with Gasteiger partial charge in [-0.05, 0) is 41.8 Å². The van der Waals surface area contributed by atoms with Crippen molar-refractivity contribution in [3.05, 3.63) is 76.4 Å². The minimum absolute atomic E-state index is 0.0241. The maximum atomic E-state index is 12.8. The van der Waals surface area contributed by atoms with Crippen molar-refractivity contribution < 1.29 is 14.1 Å². The van der Waals surface area contributed by atoms with Gasteiger partial charge in [0, 0.05) is 23.8 Å². The number of benzene rings is 2. The van der Waals surface area contributed by atoms with Crippen LogP contribution >= 0.6 is 46.4 Å². The van der Waals surface area contributed by atoms with Crippen molar-refractivity contribution in [3.63, 3.8) is 0 Å². The van der Waals surface area contributed by atoms with Gasteiger partial charge in [-0.2, -0.15) is 4.98 Å². The molecule has 30 heavy (non-hydrogen) atoms. The normalized spacial score (nSPS) is 12.6. The van der Waals surface area contributed by atoms with E-state index in [4.69, 9.17) is 55.7 Å². The smallest absolute Gasteiger partial charge is 0.278 e. The molecule has 5 nitrogen and oxygen atoms in total. The van der Waals surface area contributed by atoms with E-state index in [0.29, 0.717) is 17.3 Å². The molecule has 0 aliphatic rings. The minimum atomic E-state index is -1.83. The predicted molar refractivity (Wildman–Crippen MR) is 118 cm³/mol. The molecule has 0 saturated carbocycles. The standard InChI is InChI=1S/C21H18Cl4N2O3/c1-29-18-8-4-13(5-9-18)10-15(19-26-20(30-27-19)21(23,24)25)12-17(28)11-14-2-6-16(22)7-3-14/h2-9,15H,10-12H2,1H3. The molecule has 0 radical (unpaired) electrons. The van der Waals surface area contributed by atoms with Crippen LogP contribution in [-0.4, -0.2) is 23.0 Å². The summed E-state index contributed by atoms with van der Waals surface area (Å²) >= 11 is 23.4. The number of carbonyl (C=O) groups is 1. The van der Waals surface area contributed by atoms with Gasteiger partial charge in [-0.15, -0.1) is 0 Å². The fourth-order valence-corrected chi connectivity index (χ4v) is 3.35. The number of alkyl halides is 3. The van der Waals surface area contributed by atoms with Crippen molar-refractivity contribution in [2.45, 2.75) is 29.0 Å². The number of nitrogens with zero attached hydrogens (tertiary/aromatic N) is 2. The molecular weight excluding hydrogens is 470 g/mol. The second kappa shape index (κ2) is 10.0. The van der Waals surface area contributed by atoms with E-state index in [1.807, 2.05) is 36.4 Å². The molecule has 3 rings (SSSR count). The van der Waals surface area contributed by atoms with Gasteiger partial charge in [0.1, 0.15) is 11.5 Å². The molecule has 0 fully saturated rings. The molecule has 1 atom stereocenters. The van der Waals surface area contributed by atoms with Crippen LogP contribution in [0.1, 0.15) is 35.2 Å². The van der Waals surface area contributed by atoms with E-state index in [9.17, 15) is 4.79 Å². The maximum absolute atomic E-state index is 12.8. The molecule has 0 spiro atoms. The molecule has 1 unspecified atom stereocenters. The third kappa shape index (κ3) is 6.35. The monoisotopic (exact) mass is 486 g/mol. The van der Waals surface area contributed by atoms with Gasteiger partial charge in [-0.1, -0.05) is 75.8 Å². The number of aromatic nitrogens is 2. The molecule has 9 heteroatoms. The molecule has 0 amide bonds. The number of ketones is 1. The number of rotatable bonds is 8. The minimum Gasteiger partial charge on any atom is -0.497 e. The summed E-state index contributed by atoms with van der Waals surface area (Å²) < 4.78 is 8.46. The van der Waals surface area contributed by atoms with Crippen LogP contribution in [0.3, 0.4) is 0 Å². The van der Waals surface area contributed by atoms with Crippen LogP contribution in [0.25, 0.3) is 0 Å². The highest BCUT2D eigenvalue weighted by Crippen LogP contribution is 2.38. The maximum Gasteiger partial charge on any atom is 0.278 e. The van der Waals surface area contributed by atoms with E-state index in [1.165, 1.54) is 0 Å². The molecule has 2 aromatic carbocycles. The number of hydrogen-bond donors (Lipinski definition) is 0. The van der Waals surface area contributed by atoms with Crippen LogP contribution in [0, 0.1) is 0 Å². The highest BCUT2D eigenvalue weighted by atomic mass is 35.6. The zero-order valence-corrected chi connectivity index (χ0v) is 19.0. The molecular formula is C21H18Cl4N2O3. The molecule has 0 bridgehead atoms.